The van der Waals surface area contributed by atoms with Crippen LogP contribution in [0.4, 0.5) is 18.9 Å². The molecule has 11 heteroatoms. The maximum absolute atomic E-state index is 13.8. The molecule has 3 rings (SSSR count). The largest absolute Gasteiger partial charge is 0.423 e. The fourth-order valence-corrected chi connectivity index (χ4v) is 4.14. The molecule has 3 heterocycles. The molecule has 6 nitrogen and oxygen atoms in total. The molecule has 0 N–H and O–H groups in total. The van der Waals surface area contributed by atoms with Gasteiger partial charge >= 0.3 is 6.18 Å². The van der Waals surface area contributed by atoms with Crippen LogP contribution in [0.5, 0.6) is 0 Å². The van der Waals surface area contributed by atoms with E-state index in [1.165, 1.54) is 4.90 Å². The molecular weight excluding hydrogens is 469 g/mol. The van der Waals surface area contributed by atoms with E-state index >= 15 is 0 Å². The summed E-state index contributed by atoms with van der Waals surface area (Å²) in [5.74, 6) is 0. The molecule has 0 fully saturated rings. The number of ether oxygens (including phenoxy) is 1. The summed E-state index contributed by atoms with van der Waals surface area (Å²) in [5.41, 5.74) is -1.18. The van der Waals surface area contributed by atoms with Crippen LogP contribution >= 0.6 is 15.9 Å². The highest BCUT2D eigenvalue weighted by atomic mass is 79.9. The van der Waals surface area contributed by atoms with E-state index < -0.39 is 25.4 Å². The molecule has 0 radical (unpaired) electrons. The molecule has 0 saturated carbocycles. The number of rotatable bonds is 6. The first-order chi connectivity index (χ1) is 13.5. The van der Waals surface area contributed by atoms with Crippen molar-refractivity contribution in [2.45, 2.75) is 51.7 Å². The Labute approximate surface area is 175 Å². The van der Waals surface area contributed by atoms with Gasteiger partial charge in [0.1, 0.15) is 12.3 Å². The highest BCUT2D eigenvalue weighted by Gasteiger charge is 2.40. The van der Waals surface area contributed by atoms with Gasteiger partial charge in [0.25, 0.3) is 5.56 Å². The van der Waals surface area contributed by atoms with Crippen LogP contribution in [-0.2, 0) is 30.7 Å². The van der Waals surface area contributed by atoms with Crippen molar-refractivity contribution in [1.82, 2.24) is 14.8 Å². The number of fused-ring (bicyclic) bond motifs is 1. The van der Waals surface area contributed by atoms with E-state index in [1.54, 1.807) is 6.20 Å². The summed E-state index contributed by atoms with van der Waals surface area (Å²) in [6.45, 7) is 6.99. The van der Waals surface area contributed by atoms with Gasteiger partial charge in [-0.05, 0) is 33.6 Å². The van der Waals surface area contributed by atoms with E-state index in [9.17, 15) is 18.0 Å². The zero-order valence-electron chi connectivity index (χ0n) is 16.4. The highest BCUT2D eigenvalue weighted by molar-refractivity contribution is 9.10. The van der Waals surface area contributed by atoms with Crippen LogP contribution in [0.25, 0.3) is 0 Å². The number of anilines is 1. The minimum absolute atomic E-state index is 0.184. The maximum Gasteiger partial charge on any atom is 0.423 e. The molecule has 0 bridgehead atoms. The van der Waals surface area contributed by atoms with E-state index in [0.717, 1.165) is 27.0 Å². The lowest BCUT2D eigenvalue weighted by atomic mass is 10.2. The predicted molar refractivity (Wildman–Crippen MR) is 109 cm³/mol. The minimum atomic E-state index is -4.81. The Morgan fingerprint density at radius 2 is 1.97 bits per heavy atom. The maximum atomic E-state index is 13.8. The minimum Gasteiger partial charge on any atom is -0.359 e. The average molecular weight is 491 g/mol. The molecule has 0 unspecified atom stereocenters. The van der Waals surface area contributed by atoms with Crippen molar-refractivity contribution >= 4 is 29.7 Å². The molecule has 2 aromatic rings. The second-order valence-electron chi connectivity index (χ2n) is 8.17. The smallest absolute Gasteiger partial charge is 0.359 e. The van der Waals surface area contributed by atoms with E-state index in [0.29, 0.717) is 12.3 Å². The van der Waals surface area contributed by atoms with Gasteiger partial charge < -0.3 is 9.64 Å². The third kappa shape index (κ3) is 5.26. The number of aromatic nitrogens is 3. The number of hydrogen-bond donors (Lipinski definition) is 0. The molecule has 0 aliphatic carbocycles. The molecule has 2 aromatic heterocycles. The molecule has 0 aromatic carbocycles. The van der Waals surface area contributed by atoms with Crippen LogP contribution in [0, 0.1) is 0 Å². The fourth-order valence-electron chi connectivity index (χ4n) is 3.01. The molecular formula is C18H22BrF3N4O2Si. The second kappa shape index (κ2) is 8.19. The van der Waals surface area contributed by atoms with Crippen molar-refractivity contribution in [1.29, 1.82) is 0 Å². The SMILES string of the molecule is C[Si](C)(C)CCOCn1ncc(N2Cc3cc(Br)cnc3C2)c(C(F)(F)F)c1=O. The summed E-state index contributed by atoms with van der Waals surface area (Å²) >= 11 is 3.31. The summed E-state index contributed by atoms with van der Waals surface area (Å²) in [4.78, 5) is 18.3. The molecule has 0 saturated heterocycles. The van der Waals surface area contributed by atoms with Crippen molar-refractivity contribution in [2.24, 2.45) is 0 Å². The van der Waals surface area contributed by atoms with E-state index in [4.69, 9.17) is 4.74 Å². The lowest BCUT2D eigenvalue weighted by Crippen LogP contribution is -2.34. The summed E-state index contributed by atoms with van der Waals surface area (Å²) in [5, 5.41) is 3.93. The van der Waals surface area contributed by atoms with E-state index in [2.05, 4.69) is 45.7 Å². The Hall–Kier alpha value is -1.72. The quantitative estimate of drug-likeness (QED) is 0.447. The van der Waals surface area contributed by atoms with Gasteiger partial charge in [-0.3, -0.25) is 9.78 Å². The van der Waals surface area contributed by atoms with E-state index in [-0.39, 0.29) is 25.5 Å². The zero-order valence-corrected chi connectivity index (χ0v) is 19.0. The lowest BCUT2D eigenvalue weighted by Gasteiger charge is -2.22. The molecule has 29 heavy (non-hydrogen) atoms. The summed E-state index contributed by atoms with van der Waals surface area (Å²) < 4.78 is 48.2. The Morgan fingerprint density at radius 1 is 1.24 bits per heavy atom. The third-order valence-electron chi connectivity index (χ3n) is 4.59. The molecule has 1 aliphatic heterocycles. The van der Waals surface area contributed by atoms with Gasteiger partial charge in [0.2, 0.25) is 0 Å². The zero-order chi connectivity index (χ0) is 21.4. The average Bonchev–Trinajstić information content (AvgIpc) is 3.00. The molecule has 158 valence electrons. The molecule has 0 atom stereocenters. The monoisotopic (exact) mass is 490 g/mol. The van der Waals surface area contributed by atoms with Crippen LogP contribution in [0.1, 0.15) is 16.8 Å². The third-order valence-corrected chi connectivity index (χ3v) is 6.72. The van der Waals surface area contributed by atoms with Gasteiger partial charge in [0.15, 0.2) is 0 Å². The van der Waals surface area contributed by atoms with Gasteiger partial charge in [0, 0.05) is 31.9 Å². The van der Waals surface area contributed by atoms with Crippen LogP contribution in [-0.4, -0.2) is 29.4 Å². The first kappa shape index (κ1) is 22.0. The summed E-state index contributed by atoms with van der Waals surface area (Å²) in [6, 6.07) is 2.66. The fraction of sp³-hybridized carbons (Fsp3) is 0.500. The normalized spacial score (nSPS) is 14.4. The Morgan fingerprint density at radius 3 is 2.62 bits per heavy atom. The molecule has 1 aliphatic rings. The number of hydrogen-bond acceptors (Lipinski definition) is 5. The Balaban J connectivity index is 1.86. The highest BCUT2D eigenvalue weighted by Crippen LogP contribution is 2.37. The van der Waals surface area contributed by atoms with Crippen molar-refractivity contribution in [3.8, 4) is 0 Å². The topological polar surface area (TPSA) is 60.2 Å². The van der Waals surface area contributed by atoms with Crippen molar-refractivity contribution < 1.29 is 17.9 Å². The Bertz CT molecular complexity index is 960. The van der Waals surface area contributed by atoms with Gasteiger partial charge in [0.05, 0.1) is 24.1 Å². The van der Waals surface area contributed by atoms with Gasteiger partial charge in [-0.2, -0.15) is 18.3 Å². The van der Waals surface area contributed by atoms with E-state index in [1.807, 2.05) is 6.07 Å². The number of halogens is 4. The van der Waals surface area contributed by atoms with Crippen molar-refractivity contribution in [2.75, 3.05) is 11.5 Å². The van der Waals surface area contributed by atoms with Crippen LogP contribution in [0.2, 0.25) is 25.7 Å². The summed E-state index contributed by atoms with van der Waals surface area (Å²) in [7, 11) is -1.34. The first-order valence-electron chi connectivity index (χ1n) is 9.09. The summed E-state index contributed by atoms with van der Waals surface area (Å²) in [6.07, 6.45) is -2.12. The molecule has 0 spiro atoms. The second-order valence-corrected chi connectivity index (χ2v) is 14.7. The van der Waals surface area contributed by atoms with Crippen LogP contribution in [0.3, 0.4) is 0 Å². The first-order valence-corrected chi connectivity index (χ1v) is 13.6. The number of alkyl halides is 3. The van der Waals surface area contributed by atoms with Gasteiger partial charge in [-0.15, -0.1) is 0 Å². The van der Waals surface area contributed by atoms with Crippen LogP contribution in [0.15, 0.2) is 27.7 Å². The van der Waals surface area contributed by atoms with Gasteiger partial charge in [-0.1, -0.05) is 19.6 Å². The van der Waals surface area contributed by atoms with Crippen molar-refractivity contribution in [3.63, 3.8) is 0 Å². The number of pyridine rings is 1. The number of nitrogens with zero attached hydrogens (tertiary/aromatic N) is 4. The predicted octanol–water partition coefficient (Wildman–Crippen LogP) is 4.25. The van der Waals surface area contributed by atoms with Crippen LogP contribution < -0.4 is 10.5 Å². The van der Waals surface area contributed by atoms with Crippen molar-refractivity contribution in [3.05, 3.63) is 50.1 Å². The van der Waals surface area contributed by atoms with Gasteiger partial charge in [-0.25, -0.2) is 4.68 Å². The lowest BCUT2D eigenvalue weighted by molar-refractivity contribution is -0.138. The Kier molecular flexibility index (Phi) is 6.21. The molecule has 0 amide bonds. The standard InChI is InChI=1S/C18H22BrF3N4O2Si/c1-29(2,3)5-4-28-11-26-17(27)16(18(20,21)22)15(8-24-26)25-9-12-6-13(19)7-23-14(12)10-25/h6-8H,4-5,9-11H2,1-3H3.